The summed E-state index contributed by atoms with van der Waals surface area (Å²) in [4.78, 5) is 55.7. The monoisotopic (exact) mass is 956 g/mol. The maximum absolute atomic E-state index is 13.5. The van der Waals surface area contributed by atoms with Crippen molar-refractivity contribution in [3.05, 3.63) is 24.3 Å². The highest BCUT2D eigenvalue weighted by Crippen LogP contribution is 2.66. The molecule has 0 saturated heterocycles. The molecule has 2 aliphatic rings. The van der Waals surface area contributed by atoms with Crippen LogP contribution in [0.15, 0.2) is 24.3 Å². The van der Waals surface area contributed by atoms with E-state index < -0.39 is 21.7 Å². The summed E-state index contributed by atoms with van der Waals surface area (Å²) >= 11 is 0. The molecule has 0 aliphatic heterocycles. The highest BCUT2D eigenvalue weighted by Gasteiger charge is 2.61. The number of ether oxygens (including phenoxy) is 4. The Kier molecular flexibility index (Phi) is 32.8. The van der Waals surface area contributed by atoms with Crippen molar-refractivity contribution in [1.29, 1.82) is 0 Å². The van der Waals surface area contributed by atoms with E-state index >= 15 is 0 Å². The molecular formula is C59H105NO8. The van der Waals surface area contributed by atoms with Gasteiger partial charge >= 0.3 is 23.9 Å². The minimum Gasteiger partial charge on any atom is -0.465 e. The number of carbonyl (C=O) groups excluding carboxylic acids is 4. The molecule has 4 unspecified atom stereocenters. The van der Waals surface area contributed by atoms with Crippen molar-refractivity contribution in [3.63, 3.8) is 0 Å². The van der Waals surface area contributed by atoms with Gasteiger partial charge in [0.25, 0.3) is 0 Å². The maximum atomic E-state index is 13.5. The van der Waals surface area contributed by atoms with E-state index in [1.54, 1.807) is 0 Å². The van der Waals surface area contributed by atoms with Crippen LogP contribution in [-0.4, -0.2) is 74.8 Å². The molecule has 0 spiro atoms. The summed E-state index contributed by atoms with van der Waals surface area (Å²) in [6, 6.07) is 0. The molecule has 9 heteroatoms. The number of unbranched alkanes of at least 4 members (excludes halogenated alkanes) is 18. The van der Waals surface area contributed by atoms with Crippen LogP contribution in [0.3, 0.4) is 0 Å². The van der Waals surface area contributed by atoms with Gasteiger partial charge in [-0.05, 0) is 110 Å². The topological polar surface area (TPSA) is 108 Å². The van der Waals surface area contributed by atoms with E-state index in [-0.39, 0.29) is 50.3 Å². The third-order valence-electron chi connectivity index (χ3n) is 14.7. The molecule has 0 radical (unpaired) electrons. The van der Waals surface area contributed by atoms with Gasteiger partial charge in [0.1, 0.15) is 0 Å². The van der Waals surface area contributed by atoms with E-state index in [2.05, 4.69) is 77.7 Å². The molecule has 68 heavy (non-hydrogen) atoms. The van der Waals surface area contributed by atoms with E-state index in [4.69, 9.17) is 18.9 Å². The number of hydrogen-bond donors (Lipinski definition) is 0. The van der Waals surface area contributed by atoms with Crippen LogP contribution >= 0.6 is 0 Å². The summed E-state index contributed by atoms with van der Waals surface area (Å²) in [7, 11) is 0. The number of hydrogen-bond acceptors (Lipinski definition) is 9. The molecule has 9 nitrogen and oxygen atoms in total. The normalized spacial score (nSPS) is 22.5. The molecular weight excluding hydrogens is 851 g/mol. The Morgan fingerprint density at radius 1 is 0.397 bits per heavy atom. The molecule has 394 valence electrons. The van der Waals surface area contributed by atoms with Gasteiger partial charge < -0.3 is 23.8 Å². The Bertz CT molecular complexity index is 1420. The van der Waals surface area contributed by atoms with E-state index in [9.17, 15) is 19.2 Å². The summed E-state index contributed by atoms with van der Waals surface area (Å²) < 4.78 is 24.8. The Hall–Kier alpha value is -2.68. The molecule has 0 aromatic carbocycles. The second-order valence-corrected chi connectivity index (χ2v) is 22.3. The largest absolute Gasteiger partial charge is 0.465 e. The predicted molar refractivity (Wildman–Crippen MR) is 280 cm³/mol. The highest BCUT2D eigenvalue weighted by atomic mass is 16.5. The zero-order valence-electron chi connectivity index (χ0n) is 45.3. The number of carbonyl (C=O) groups is 4. The number of allylic oxidation sites excluding steroid dienone is 4. The van der Waals surface area contributed by atoms with Crippen LogP contribution in [0.5, 0.6) is 0 Å². The molecule has 0 heterocycles. The van der Waals surface area contributed by atoms with Gasteiger partial charge in [0, 0.05) is 47.3 Å². The van der Waals surface area contributed by atoms with Crippen molar-refractivity contribution >= 4 is 23.9 Å². The molecule has 2 aliphatic carbocycles. The number of nitrogens with zero attached hydrogens (tertiary/aromatic N) is 1. The van der Waals surface area contributed by atoms with Crippen LogP contribution in [0, 0.1) is 21.7 Å². The third-order valence-corrected chi connectivity index (χ3v) is 14.7. The summed E-state index contributed by atoms with van der Waals surface area (Å²) in [5.41, 5.74) is -1.79. The van der Waals surface area contributed by atoms with Crippen molar-refractivity contribution in [2.45, 2.75) is 260 Å². The van der Waals surface area contributed by atoms with Crippen LogP contribution in [0.2, 0.25) is 0 Å². The zero-order chi connectivity index (χ0) is 49.8. The molecule has 2 fully saturated rings. The van der Waals surface area contributed by atoms with Crippen LogP contribution in [0.25, 0.3) is 0 Å². The first kappa shape index (κ1) is 61.4. The fraction of sp³-hybridized carbons (Fsp3) is 0.864. The molecule has 0 aromatic rings. The quantitative estimate of drug-likeness (QED) is 0.0256. The van der Waals surface area contributed by atoms with Crippen molar-refractivity contribution in [1.82, 2.24) is 4.90 Å². The Morgan fingerprint density at radius 2 is 0.721 bits per heavy atom. The van der Waals surface area contributed by atoms with E-state index in [0.717, 1.165) is 116 Å². The molecule has 0 aromatic heterocycles. The first-order valence-corrected chi connectivity index (χ1v) is 28.4. The fourth-order valence-corrected chi connectivity index (χ4v) is 11.9. The van der Waals surface area contributed by atoms with Crippen LogP contribution in [0.4, 0.5) is 0 Å². The number of rotatable bonds is 42. The zero-order valence-corrected chi connectivity index (χ0v) is 45.3. The van der Waals surface area contributed by atoms with Gasteiger partial charge in [-0.15, -0.1) is 0 Å². The first-order chi connectivity index (χ1) is 32.8. The Morgan fingerprint density at radius 3 is 1.12 bits per heavy atom. The van der Waals surface area contributed by atoms with Crippen LogP contribution in [-0.2, 0) is 38.1 Å². The average molecular weight is 956 g/mol. The van der Waals surface area contributed by atoms with E-state index in [1.807, 2.05) is 0 Å². The van der Waals surface area contributed by atoms with Gasteiger partial charge in [0.15, 0.2) is 0 Å². The third kappa shape index (κ3) is 27.6. The van der Waals surface area contributed by atoms with Crippen LogP contribution in [0.1, 0.15) is 260 Å². The maximum Gasteiger partial charge on any atom is 0.305 e. The van der Waals surface area contributed by atoms with Gasteiger partial charge in [0.05, 0.1) is 26.4 Å². The lowest BCUT2D eigenvalue weighted by molar-refractivity contribution is -0.196. The minimum atomic E-state index is -0.472. The van der Waals surface area contributed by atoms with Gasteiger partial charge in [0.2, 0.25) is 0 Å². The standard InChI is InChI=1S/C59H105NO8/c1-8-13-16-19-22-23-24-25-26-27-28-29-30-33-36-40-54(63)68-51-59-44-56(6,48-65-52(61)38-34-31-20-17-14-9-2)43-58(47-59,50-67-53(62)39-35-32-21-18-15-10-3)45-57(7,46-59)49-66-55(64)41-37-42-60(11-4)12-5/h22-23,25-26H,8-21,24,27-51H2,1-7H3/b23-22-,26-25-. The lowest BCUT2D eigenvalue weighted by Gasteiger charge is -2.62. The lowest BCUT2D eigenvalue weighted by atomic mass is 9.44. The molecule has 0 amide bonds. The van der Waals surface area contributed by atoms with Gasteiger partial charge in [-0.25, -0.2) is 0 Å². The van der Waals surface area contributed by atoms with Crippen molar-refractivity contribution < 1.29 is 38.1 Å². The van der Waals surface area contributed by atoms with Gasteiger partial charge in [-0.2, -0.15) is 0 Å². The van der Waals surface area contributed by atoms with Gasteiger partial charge in [-0.3, -0.25) is 19.2 Å². The van der Waals surface area contributed by atoms with E-state index in [1.165, 1.54) is 64.2 Å². The van der Waals surface area contributed by atoms with Crippen molar-refractivity contribution in [2.75, 3.05) is 46.1 Å². The number of fused-ring (bicyclic) bond motifs is 2. The second kappa shape index (κ2) is 36.3. The number of esters is 4. The first-order valence-electron chi connectivity index (χ1n) is 28.4. The SMILES string of the molecule is CCCCC/C=C\C/C=C\CCCCCCCC(=O)OCC12CC(C)(COC(=O)CCCCCCCC)CC(COC(=O)CCCCCCCC)(CC(C)(COC(=O)CCCN(CC)CC)C1)C2. The molecule has 0 N–H and O–H groups in total. The minimum absolute atomic E-state index is 0.160. The molecule has 2 saturated carbocycles. The molecule has 2 bridgehead atoms. The lowest BCUT2D eigenvalue weighted by Crippen LogP contribution is -2.58. The summed E-state index contributed by atoms with van der Waals surface area (Å²) in [6.45, 7) is 19.1. The van der Waals surface area contributed by atoms with Gasteiger partial charge in [-0.1, -0.05) is 169 Å². The predicted octanol–water partition coefficient (Wildman–Crippen LogP) is 15.6. The van der Waals surface area contributed by atoms with Crippen molar-refractivity contribution in [2.24, 2.45) is 21.7 Å². The Labute approximate surface area is 417 Å². The second-order valence-electron chi connectivity index (χ2n) is 22.3. The van der Waals surface area contributed by atoms with Crippen molar-refractivity contribution in [3.8, 4) is 0 Å². The Balaban J connectivity index is 2.18. The van der Waals surface area contributed by atoms with Crippen LogP contribution < -0.4 is 0 Å². The van der Waals surface area contributed by atoms with E-state index in [0.29, 0.717) is 51.4 Å². The molecule has 2 rings (SSSR count). The average Bonchev–Trinajstić information content (AvgIpc) is 3.31. The molecule has 4 atom stereocenters. The fourth-order valence-electron chi connectivity index (χ4n) is 11.9. The smallest absolute Gasteiger partial charge is 0.305 e. The highest BCUT2D eigenvalue weighted by molar-refractivity contribution is 5.70. The summed E-state index contributed by atoms with van der Waals surface area (Å²) in [6.07, 6.45) is 40.5. The summed E-state index contributed by atoms with van der Waals surface area (Å²) in [5, 5.41) is 0. The summed E-state index contributed by atoms with van der Waals surface area (Å²) in [5.74, 6) is -0.694.